The molecule has 190 valence electrons. The number of unbranched alkanes of at least 4 members (excludes halogenated alkanes) is 22. The van der Waals surface area contributed by atoms with Crippen molar-refractivity contribution in [2.24, 2.45) is 4.99 Å². The first-order chi connectivity index (χ1) is 15.6. The predicted octanol–water partition coefficient (Wildman–Crippen LogP) is 8.47. The molecule has 0 radical (unpaired) electrons. The molecule has 0 amide bonds. The summed E-state index contributed by atoms with van der Waals surface area (Å²) in [6, 6.07) is 0. The van der Waals surface area contributed by atoms with Gasteiger partial charge in [-0.3, -0.25) is 4.57 Å². The van der Waals surface area contributed by atoms with E-state index in [9.17, 15) is 9.36 Å². The number of hydrogen-bond acceptors (Lipinski definition) is 3. The standard InChI is InChI=1S/C26H52NO4P/c28-26-27-24-22-20-18-16-14-12-10-8-6-4-2-1-3-5-7-9-11-13-15-17-19-21-23-25-32(29,30)31/h1-25H2,(H2,29,30,31). The predicted molar refractivity (Wildman–Crippen MR) is 136 cm³/mol. The van der Waals surface area contributed by atoms with Crippen molar-refractivity contribution in [2.45, 2.75) is 148 Å². The summed E-state index contributed by atoms with van der Waals surface area (Å²) in [6.07, 6.45) is 31.0. The van der Waals surface area contributed by atoms with Crippen LogP contribution in [0, 0.1) is 0 Å². The molecule has 0 saturated carbocycles. The lowest BCUT2D eigenvalue weighted by atomic mass is 10.0. The van der Waals surface area contributed by atoms with E-state index in [1.54, 1.807) is 6.08 Å². The fourth-order valence-corrected chi connectivity index (χ4v) is 4.90. The van der Waals surface area contributed by atoms with Gasteiger partial charge in [0.25, 0.3) is 0 Å². The number of aliphatic imine (C=N–C) groups is 1. The molecule has 6 heteroatoms. The molecule has 32 heavy (non-hydrogen) atoms. The van der Waals surface area contributed by atoms with Crippen LogP contribution >= 0.6 is 7.60 Å². The Kier molecular flexibility index (Phi) is 24.8. The molecule has 2 N–H and O–H groups in total. The molecule has 0 saturated heterocycles. The summed E-state index contributed by atoms with van der Waals surface area (Å²) >= 11 is 0. The molecule has 0 unspecified atom stereocenters. The maximum absolute atomic E-state index is 10.8. The van der Waals surface area contributed by atoms with Crippen molar-refractivity contribution in [3.05, 3.63) is 0 Å². The summed E-state index contributed by atoms with van der Waals surface area (Å²) < 4.78 is 10.8. The smallest absolute Gasteiger partial charge is 0.324 e. The molecule has 0 rings (SSSR count). The van der Waals surface area contributed by atoms with Crippen molar-refractivity contribution in [3.8, 4) is 0 Å². The van der Waals surface area contributed by atoms with Crippen molar-refractivity contribution in [2.75, 3.05) is 12.7 Å². The number of nitrogens with zero attached hydrogens (tertiary/aromatic N) is 1. The average Bonchev–Trinajstić information content (AvgIpc) is 2.75. The van der Waals surface area contributed by atoms with E-state index in [4.69, 9.17) is 9.79 Å². The number of rotatable bonds is 26. The molecule has 0 spiro atoms. The molecule has 0 aliphatic heterocycles. The normalized spacial score (nSPS) is 11.6. The zero-order valence-corrected chi connectivity index (χ0v) is 21.7. The Balaban J connectivity index is 3.05. The summed E-state index contributed by atoms with van der Waals surface area (Å²) in [6.45, 7) is 0.651. The maximum Gasteiger partial charge on any atom is 0.325 e. The lowest BCUT2D eigenvalue weighted by Gasteiger charge is -2.05. The Morgan fingerprint density at radius 1 is 0.469 bits per heavy atom. The largest absolute Gasteiger partial charge is 0.325 e. The van der Waals surface area contributed by atoms with Crippen molar-refractivity contribution >= 4 is 13.7 Å². The highest BCUT2D eigenvalue weighted by Crippen LogP contribution is 2.35. The minimum absolute atomic E-state index is 0.0519. The second kappa shape index (κ2) is 25.2. The van der Waals surface area contributed by atoms with Gasteiger partial charge in [-0.1, -0.05) is 135 Å². The van der Waals surface area contributed by atoms with E-state index in [0.717, 1.165) is 19.3 Å². The van der Waals surface area contributed by atoms with Crippen LogP contribution in [0.5, 0.6) is 0 Å². The van der Waals surface area contributed by atoms with E-state index in [1.165, 1.54) is 122 Å². The van der Waals surface area contributed by atoms with Gasteiger partial charge in [0.05, 0.1) is 6.54 Å². The van der Waals surface area contributed by atoms with Crippen molar-refractivity contribution in [1.82, 2.24) is 0 Å². The Morgan fingerprint density at radius 2 is 0.719 bits per heavy atom. The molecular formula is C26H52NO4P. The van der Waals surface area contributed by atoms with E-state index in [1.807, 2.05) is 0 Å². The second-order valence-corrected chi connectivity index (χ2v) is 11.3. The molecule has 0 fully saturated rings. The molecule has 0 aromatic heterocycles. The first-order valence-electron chi connectivity index (χ1n) is 13.6. The molecular weight excluding hydrogens is 421 g/mol. The van der Waals surface area contributed by atoms with Gasteiger partial charge in [0.15, 0.2) is 0 Å². The molecule has 0 bridgehead atoms. The Morgan fingerprint density at radius 3 is 0.969 bits per heavy atom. The summed E-state index contributed by atoms with van der Waals surface area (Å²) in [7, 11) is -3.77. The molecule has 0 atom stereocenters. The lowest BCUT2D eigenvalue weighted by molar-refractivity contribution is 0.370. The quantitative estimate of drug-likeness (QED) is 0.0571. The van der Waals surface area contributed by atoms with Crippen molar-refractivity contribution < 1.29 is 19.1 Å². The lowest BCUT2D eigenvalue weighted by Crippen LogP contribution is -1.88. The van der Waals surface area contributed by atoms with Crippen LogP contribution in [0.3, 0.4) is 0 Å². The third-order valence-corrected chi connectivity index (χ3v) is 7.18. The Labute approximate surface area is 198 Å². The van der Waals surface area contributed by atoms with Gasteiger partial charge in [0.2, 0.25) is 6.08 Å². The molecule has 0 aromatic rings. The first-order valence-corrected chi connectivity index (χ1v) is 15.4. The first kappa shape index (κ1) is 31.5. The van der Waals surface area contributed by atoms with Gasteiger partial charge < -0.3 is 9.79 Å². The van der Waals surface area contributed by atoms with Crippen molar-refractivity contribution in [3.63, 3.8) is 0 Å². The molecule has 0 aliphatic carbocycles. The number of carbonyl (C=O) groups excluding carboxylic acids is 1. The van der Waals surface area contributed by atoms with Crippen LogP contribution in [-0.4, -0.2) is 28.6 Å². The average molecular weight is 474 g/mol. The zero-order valence-electron chi connectivity index (χ0n) is 20.8. The van der Waals surface area contributed by atoms with Gasteiger partial charge in [-0.05, 0) is 12.8 Å². The van der Waals surface area contributed by atoms with E-state index >= 15 is 0 Å². The van der Waals surface area contributed by atoms with E-state index in [2.05, 4.69) is 4.99 Å². The van der Waals surface area contributed by atoms with Crippen LogP contribution in [0.15, 0.2) is 4.99 Å². The Bertz CT molecular complexity index is 474. The molecule has 0 aliphatic rings. The number of hydrogen-bond donors (Lipinski definition) is 2. The minimum atomic E-state index is -3.77. The summed E-state index contributed by atoms with van der Waals surface area (Å²) in [5.74, 6) is 0. The van der Waals surface area contributed by atoms with Gasteiger partial charge in [-0.25, -0.2) is 9.79 Å². The minimum Gasteiger partial charge on any atom is -0.324 e. The molecule has 0 heterocycles. The highest BCUT2D eigenvalue weighted by atomic mass is 31.2. The van der Waals surface area contributed by atoms with E-state index in [-0.39, 0.29) is 6.16 Å². The van der Waals surface area contributed by atoms with Crippen LogP contribution in [0.2, 0.25) is 0 Å². The summed E-state index contributed by atoms with van der Waals surface area (Å²) in [4.78, 5) is 31.1. The third-order valence-electron chi connectivity index (χ3n) is 6.28. The van der Waals surface area contributed by atoms with Crippen LogP contribution < -0.4 is 0 Å². The van der Waals surface area contributed by atoms with Crippen molar-refractivity contribution in [1.29, 1.82) is 0 Å². The zero-order chi connectivity index (χ0) is 23.6. The van der Waals surface area contributed by atoms with Gasteiger partial charge in [0, 0.05) is 6.16 Å². The van der Waals surface area contributed by atoms with Crippen LogP contribution in [0.25, 0.3) is 0 Å². The maximum atomic E-state index is 10.8. The van der Waals surface area contributed by atoms with E-state index in [0.29, 0.717) is 13.0 Å². The summed E-state index contributed by atoms with van der Waals surface area (Å²) in [5.41, 5.74) is 0. The van der Waals surface area contributed by atoms with E-state index < -0.39 is 7.60 Å². The highest BCUT2D eigenvalue weighted by molar-refractivity contribution is 7.51. The fourth-order valence-electron chi connectivity index (χ4n) is 4.27. The Hall–Kier alpha value is -0.470. The third kappa shape index (κ3) is 29.5. The second-order valence-electron chi connectivity index (χ2n) is 9.49. The van der Waals surface area contributed by atoms with Crippen LogP contribution in [-0.2, 0) is 9.36 Å². The van der Waals surface area contributed by atoms with Gasteiger partial charge in [0.1, 0.15) is 0 Å². The summed E-state index contributed by atoms with van der Waals surface area (Å²) in [5, 5.41) is 0. The monoisotopic (exact) mass is 473 g/mol. The highest BCUT2D eigenvalue weighted by Gasteiger charge is 2.10. The molecule has 0 aromatic carbocycles. The molecule has 5 nitrogen and oxygen atoms in total. The topological polar surface area (TPSA) is 87.0 Å². The fraction of sp³-hybridized carbons (Fsp3) is 0.962. The van der Waals surface area contributed by atoms with Gasteiger partial charge in [-0.2, -0.15) is 0 Å². The SMILES string of the molecule is O=C=NCCCCCCCCCCCCCCCCCCCCCCCCCP(=O)(O)O. The van der Waals surface area contributed by atoms with Gasteiger partial charge in [-0.15, -0.1) is 0 Å². The van der Waals surface area contributed by atoms with Crippen LogP contribution in [0.4, 0.5) is 0 Å². The number of isocyanates is 1. The van der Waals surface area contributed by atoms with Gasteiger partial charge >= 0.3 is 7.60 Å². The van der Waals surface area contributed by atoms with Crippen LogP contribution in [0.1, 0.15) is 148 Å².